The SMILES string of the molecule is O=C1CC(c2nc3cc4c(cc3[nH]2)CC2(C4)C(=O)Nc3ncccc32)CN1Cc1ccccc1. The number of nitrogens with one attached hydrogen (secondary N) is 2. The number of aromatic amines is 1. The van der Waals surface area contributed by atoms with Gasteiger partial charge >= 0.3 is 0 Å². The molecule has 3 aliphatic rings. The van der Waals surface area contributed by atoms with Crippen molar-refractivity contribution in [3.63, 3.8) is 0 Å². The number of anilines is 1. The number of benzene rings is 2. The lowest BCUT2D eigenvalue weighted by molar-refractivity contribution is -0.128. The summed E-state index contributed by atoms with van der Waals surface area (Å²) in [7, 11) is 0. The molecule has 1 fully saturated rings. The van der Waals surface area contributed by atoms with Gasteiger partial charge in [0.05, 0.1) is 16.4 Å². The molecule has 1 aliphatic carbocycles. The molecule has 168 valence electrons. The average Bonchev–Trinajstić information content (AvgIpc) is 3.58. The Kier molecular flexibility index (Phi) is 4.01. The molecule has 7 nitrogen and oxygen atoms in total. The Bertz CT molecular complexity index is 1430. The van der Waals surface area contributed by atoms with Crippen molar-refractivity contribution >= 4 is 28.7 Å². The highest BCUT2D eigenvalue weighted by atomic mass is 16.2. The van der Waals surface area contributed by atoms with Gasteiger partial charge in [0, 0.05) is 37.2 Å². The molecule has 2 aromatic heterocycles. The summed E-state index contributed by atoms with van der Waals surface area (Å²) < 4.78 is 0. The predicted molar refractivity (Wildman–Crippen MR) is 127 cm³/mol. The topological polar surface area (TPSA) is 91.0 Å². The van der Waals surface area contributed by atoms with Crippen LogP contribution in [-0.4, -0.2) is 38.2 Å². The van der Waals surface area contributed by atoms with Gasteiger partial charge in [-0.1, -0.05) is 36.4 Å². The number of nitrogens with zero attached hydrogens (tertiary/aromatic N) is 3. The quantitative estimate of drug-likeness (QED) is 0.501. The maximum atomic E-state index is 13.0. The molecule has 2 N–H and O–H groups in total. The fourth-order valence-electron chi connectivity index (χ4n) is 5.90. The molecule has 0 bridgehead atoms. The normalized spacial score (nSPS) is 20.2. The molecular formula is C27H23N5O2. The molecular weight excluding hydrogens is 426 g/mol. The van der Waals surface area contributed by atoms with Crippen LogP contribution in [0.25, 0.3) is 11.0 Å². The minimum atomic E-state index is -0.580. The molecule has 1 saturated heterocycles. The lowest BCUT2D eigenvalue weighted by Gasteiger charge is -2.20. The highest BCUT2D eigenvalue weighted by Crippen LogP contribution is 2.47. The lowest BCUT2D eigenvalue weighted by atomic mass is 9.79. The summed E-state index contributed by atoms with van der Waals surface area (Å²) in [6.07, 6.45) is 3.49. The summed E-state index contributed by atoms with van der Waals surface area (Å²) in [5, 5.41) is 2.96. The largest absolute Gasteiger partial charge is 0.342 e. The molecule has 2 atom stereocenters. The number of amides is 2. The number of hydrogen-bond donors (Lipinski definition) is 2. The van der Waals surface area contributed by atoms with Gasteiger partial charge in [0.1, 0.15) is 11.6 Å². The van der Waals surface area contributed by atoms with E-state index in [-0.39, 0.29) is 17.7 Å². The van der Waals surface area contributed by atoms with E-state index in [4.69, 9.17) is 4.98 Å². The molecule has 4 aromatic rings. The molecule has 4 heterocycles. The Morgan fingerprint density at radius 1 is 1.03 bits per heavy atom. The van der Waals surface area contributed by atoms with E-state index in [2.05, 4.69) is 39.6 Å². The molecule has 2 aromatic carbocycles. The van der Waals surface area contributed by atoms with E-state index in [0.717, 1.165) is 33.5 Å². The number of pyridine rings is 1. The predicted octanol–water partition coefficient (Wildman–Crippen LogP) is 3.46. The van der Waals surface area contributed by atoms with Crippen LogP contribution in [0.3, 0.4) is 0 Å². The van der Waals surface area contributed by atoms with Gasteiger partial charge < -0.3 is 15.2 Å². The van der Waals surface area contributed by atoms with E-state index < -0.39 is 5.41 Å². The van der Waals surface area contributed by atoms with Crippen molar-refractivity contribution in [1.29, 1.82) is 0 Å². The van der Waals surface area contributed by atoms with E-state index in [1.54, 1.807) is 6.20 Å². The number of aromatic nitrogens is 3. The second-order valence-electron chi connectivity index (χ2n) is 9.71. The summed E-state index contributed by atoms with van der Waals surface area (Å²) in [5.41, 5.74) is 5.72. The van der Waals surface area contributed by atoms with Gasteiger partial charge in [-0.2, -0.15) is 0 Å². The van der Waals surface area contributed by atoms with E-state index in [9.17, 15) is 9.59 Å². The number of rotatable bonds is 3. The van der Waals surface area contributed by atoms with Gasteiger partial charge in [0.25, 0.3) is 0 Å². The Hall–Kier alpha value is -4.00. The Labute approximate surface area is 196 Å². The van der Waals surface area contributed by atoms with Gasteiger partial charge in [-0.15, -0.1) is 0 Å². The van der Waals surface area contributed by atoms with Gasteiger partial charge in [0.15, 0.2) is 0 Å². The van der Waals surface area contributed by atoms with Gasteiger partial charge in [-0.3, -0.25) is 9.59 Å². The van der Waals surface area contributed by atoms with E-state index in [1.807, 2.05) is 35.2 Å². The first-order valence-electron chi connectivity index (χ1n) is 11.7. The van der Waals surface area contributed by atoms with Crippen molar-refractivity contribution in [3.8, 4) is 0 Å². The Morgan fingerprint density at radius 3 is 2.71 bits per heavy atom. The Morgan fingerprint density at radius 2 is 1.85 bits per heavy atom. The number of H-pyrrole nitrogens is 1. The van der Waals surface area contributed by atoms with Crippen molar-refractivity contribution in [2.24, 2.45) is 0 Å². The summed E-state index contributed by atoms with van der Waals surface area (Å²) in [6, 6.07) is 18.2. The standard InChI is InChI=1S/C27H23N5O2/c33-23-11-19(15-32(23)14-16-5-2-1-3-6-16)24-29-21-9-17-12-27(13-18(17)10-22(21)30-24)20-7-4-8-28-25(20)31-26(27)34/h1-10,19H,11-15H2,(H,29,30)(H,28,31,34). The monoisotopic (exact) mass is 449 g/mol. The highest BCUT2D eigenvalue weighted by Gasteiger charge is 2.51. The molecule has 7 rings (SSSR count). The van der Waals surface area contributed by atoms with E-state index >= 15 is 0 Å². The lowest BCUT2D eigenvalue weighted by Crippen LogP contribution is -2.35. The van der Waals surface area contributed by atoms with Crippen LogP contribution in [0.4, 0.5) is 5.82 Å². The summed E-state index contributed by atoms with van der Waals surface area (Å²) in [4.78, 5) is 40.2. The zero-order valence-electron chi connectivity index (χ0n) is 18.5. The van der Waals surface area contributed by atoms with Crippen LogP contribution in [-0.2, 0) is 34.4 Å². The van der Waals surface area contributed by atoms with Gasteiger partial charge in [-0.25, -0.2) is 9.97 Å². The van der Waals surface area contributed by atoms with Crippen LogP contribution in [0.5, 0.6) is 0 Å². The van der Waals surface area contributed by atoms with E-state index in [1.165, 1.54) is 5.56 Å². The molecule has 0 saturated carbocycles. The molecule has 7 heteroatoms. The van der Waals surface area contributed by atoms with Crippen LogP contribution < -0.4 is 5.32 Å². The van der Waals surface area contributed by atoms with Crippen LogP contribution in [0.2, 0.25) is 0 Å². The summed E-state index contributed by atoms with van der Waals surface area (Å²) >= 11 is 0. The smallest absolute Gasteiger partial charge is 0.237 e. The second kappa shape index (κ2) is 7.00. The molecule has 34 heavy (non-hydrogen) atoms. The number of fused-ring (bicyclic) bond motifs is 4. The maximum Gasteiger partial charge on any atom is 0.237 e. The number of carbonyl (C=O) groups is 2. The van der Waals surface area contributed by atoms with E-state index in [0.29, 0.717) is 38.2 Å². The van der Waals surface area contributed by atoms with Crippen molar-refractivity contribution < 1.29 is 9.59 Å². The zero-order chi connectivity index (χ0) is 22.9. The number of carbonyl (C=O) groups excluding carboxylic acids is 2. The van der Waals surface area contributed by atoms with Gasteiger partial charge in [-0.05, 0) is 47.7 Å². The van der Waals surface area contributed by atoms with Crippen LogP contribution >= 0.6 is 0 Å². The first-order valence-corrected chi connectivity index (χ1v) is 11.7. The maximum absolute atomic E-state index is 13.0. The van der Waals surface area contributed by atoms with Crippen LogP contribution in [0.15, 0.2) is 60.8 Å². The van der Waals surface area contributed by atoms with Gasteiger partial charge in [0.2, 0.25) is 11.8 Å². The number of likely N-dealkylation sites (tertiary alicyclic amines) is 1. The van der Waals surface area contributed by atoms with Crippen molar-refractivity contribution in [1.82, 2.24) is 19.9 Å². The minimum Gasteiger partial charge on any atom is -0.342 e. The third kappa shape index (κ3) is 2.83. The minimum absolute atomic E-state index is 0.0256. The van der Waals surface area contributed by atoms with Crippen LogP contribution in [0, 0.1) is 0 Å². The fourth-order valence-corrected chi connectivity index (χ4v) is 5.90. The average molecular weight is 450 g/mol. The van der Waals surface area contributed by atoms with Crippen molar-refractivity contribution in [3.05, 3.63) is 88.9 Å². The van der Waals surface area contributed by atoms with Crippen LogP contribution in [0.1, 0.15) is 40.4 Å². The third-order valence-corrected chi connectivity index (χ3v) is 7.61. The molecule has 2 unspecified atom stereocenters. The third-order valence-electron chi connectivity index (χ3n) is 7.61. The molecule has 0 radical (unpaired) electrons. The summed E-state index contributed by atoms with van der Waals surface area (Å²) in [6.45, 7) is 1.30. The first kappa shape index (κ1) is 19.5. The number of hydrogen-bond acceptors (Lipinski definition) is 4. The first-order chi connectivity index (χ1) is 16.6. The fraction of sp³-hybridized carbons (Fsp3) is 0.259. The zero-order valence-corrected chi connectivity index (χ0v) is 18.5. The summed E-state index contributed by atoms with van der Waals surface area (Å²) in [5.74, 6) is 1.79. The molecule has 2 aliphatic heterocycles. The number of imidazole rings is 1. The second-order valence-corrected chi connectivity index (χ2v) is 9.71. The molecule has 2 amide bonds. The van der Waals surface area contributed by atoms with Crippen molar-refractivity contribution in [2.45, 2.75) is 37.1 Å². The Balaban J connectivity index is 1.16. The molecule has 1 spiro atoms. The van der Waals surface area contributed by atoms with Crippen molar-refractivity contribution in [2.75, 3.05) is 11.9 Å². The highest BCUT2D eigenvalue weighted by molar-refractivity contribution is 6.06.